The summed E-state index contributed by atoms with van der Waals surface area (Å²) in [6.45, 7) is 6.69. The molecule has 1 rings (SSSR count). The standard InChI is InChI=1S/C12H23N3O3S/c1-10(2)15(3)8-4-7-14-9-11-5-6-12(18-11)19(13,16)17/h5-6,10,14H,4,7-9H2,1-3H3,(H2,13,16,17). The summed E-state index contributed by atoms with van der Waals surface area (Å²) in [7, 11) is -1.65. The van der Waals surface area contributed by atoms with Gasteiger partial charge in [-0.15, -0.1) is 0 Å². The van der Waals surface area contributed by atoms with Gasteiger partial charge in [-0.05, 0) is 52.5 Å². The minimum Gasteiger partial charge on any atom is -0.447 e. The number of hydrogen-bond acceptors (Lipinski definition) is 5. The number of nitrogens with one attached hydrogen (secondary N) is 1. The van der Waals surface area contributed by atoms with E-state index in [0.29, 0.717) is 18.3 Å². The van der Waals surface area contributed by atoms with Gasteiger partial charge in [-0.2, -0.15) is 0 Å². The number of rotatable bonds is 8. The number of hydrogen-bond donors (Lipinski definition) is 2. The molecule has 0 saturated heterocycles. The molecule has 0 aliphatic rings. The summed E-state index contributed by atoms with van der Waals surface area (Å²) in [4.78, 5) is 2.27. The van der Waals surface area contributed by atoms with Crippen molar-refractivity contribution in [2.75, 3.05) is 20.1 Å². The highest BCUT2D eigenvalue weighted by molar-refractivity contribution is 7.89. The fraction of sp³-hybridized carbons (Fsp3) is 0.667. The largest absolute Gasteiger partial charge is 0.447 e. The van der Waals surface area contributed by atoms with Crippen molar-refractivity contribution in [3.8, 4) is 0 Å². The molecular formula is C12H23N3O3S. The van der Waals surface area contributed by atoms with Crippen molar-refractivity contribution in [3.63, 3.8) is 0 Å². The van der Waals surface area contributed by atoms with Crippen LogP contribution in [-0.2, 0) is 16.6 Å². The fourth-order valence-corrected chi connectivity index (χ4v) is 2.01. The monoisotopic (exact) mass is 289 g/mol. The predicted octanol–water partition coefficient (Wildman–Crippen LogP) is 0.747. The van der Waals surface area contributed by atoms with Crippen LogP contribution in [0.3, 0.4) is 0 Å². The molecule has 0 spiro atoms. The minimum absolute atomic E-state index is 0.191. The van der Waals surface area contributed by atoms with Crippen LogP contribution in [-0.4, -0.2) is 39.5 Å². The zero-order valence-electron chi connectivity index (χ0n) is 11.7. The Morgan fingerprint density at radius 2 is 2.11 bits per heavy atom. The van der Waals surface area contributed by atoms with E-state index in [4.69, 9.17) is 9.56 Å². The van der Waals surface area contributed by atoms with E-state index in [9.17, 15) is 8.42 Å². The van der Waals surface area contributed by atoms with Gasteiger partial charge in [-0.1, -0.05) is 0 Å². The van der Waals surface area contributed by atoms with Crippen LogP contribution in [0.2, 0.25) is 0 Å². The molecule has 1 heterocycles. The maximum absolute atomic E-state index is 11.0. The van der Waals surface area contributed by atoms with Gasteiger partial charge in [0.1, 0.15) is 5.76 Å². The van der Waals surface area contributed by atoms with Crippen LogP contribution in [0.25, 0.3) is 0 Å². The molecule has 0 amide bonds. The molecule has 6 nitrogen and oxygen atoms in total. The maximum Gasteiger partial charge on any atom is 0.271 e. The Balaban J connectivity index is 2.25. The lowest BCUT2D eigenvalue weighted by Crippen LogP contribution is -2.29. The second-order valence-electron chi connectivity index (χ2n) is 4.87. The Kier molecular flexibility index (Phi) is 5.99. The predicted molar refractivity (Wildman–Crippen MR) is 74.2 cm³/mol. The third kappa shape index (κ3) is 5.73. The molecule has 0 bridgehead atoms. The van der Waals surface area contributed by atoms with Crippen molar-refractivity contribution in [2.45, 2.75) is 37.9 Å². The zero-order chi connectivity index (χ0) is 14.5. The lowest BCUT2D eigenvalue weighted by Gasteiger charge is -2.20. The summed E-state index contributed by atoms with van der Waals surface area (Å²) in [6, 6.07) is 3.54. The first-order chi connectivity index (χ1) is 8.80. The first kappa shape index (κ1) is 16.2. The molecule has 19 heavy (non-hydrogen) atoms. The molecule has 1 aromatic rings. The quantitative estimate of drug-likeness (QED) is 0.689. The van der Waals surface area contributed by atoms with Gasteiger partial charge < -0.3 is 14.6 Å². The van der Waals surface area contributed by atoms with Crippen LogP contribution in [0.5, 0.6) is 0 Å². The highest BCUT2D eigenvalue weighted by Crippen LogP contribution is 2.11. The number of nitrogens with zero attached hydrogens (tertiary/aromatic N) is 1. The fourth-order valence-electron chi connectivity index (χ4n) is 1.53. The van der Waals surface area contributed by atoms with E-state index in [0.717, 1.165) is 19.5 Å². The molecule has 0 aliphatic heterocycles. The van der Waals surface area contributed by atoms with Gasteiger partial charge in [0.05, 0.1) is 6.54 Å². The Bertz CT molecular complexity index is 482. The van der Waals surface area contributed by atoms with Crippen LogP contribution in [0.4, 0.5) is 0 Å². The van der Waals surface area contributed by atoms with Gasteiger partial charge in [0.25, 0.3) is 10.0 Å². The van der Waals surface area contributed by atoms with Crippen LogP contribution < -0.4 is 10.5 Å². The summed E-state index contributed by atoms with van der Waals surface area (Å²) in [5.74, 6) is 0.571. The topological polar surface area (TPSA) is 88.6 Å². The first-order valence-electron chi connectivity index (χ1n) is 6.33. The zero-order valence-corrected chi connectivity index (χ0v) is 12.5. The normalized spacial score (nSPS) is 12.5. The molecule has 0 unspecified atom stereocenters. The molecular weight excluding hydrogens is 266 g/mol. The Labute approximate surface area is 115 Å². The van der Waals surface area contributed by atoms with Crippen molar-refractivity contribution in [1.82, 2.24) is 10.2 Å². The number of sulfonamides is 1. The van der Waals surface area contributed by atoms with Gasteiger partial charge in [0.15, 0.2) is 0 Å². The smallest absolute Gasteiger partial charge is 0.271 e. The van der Waals surface area contributed by atoms with E-state index in [1.807, 2.05) is 0 Å². The Hall–Kier alpha value is -0.890. The molecule has 0 saturated carbocycles. The molecule has 0 radical (unpaired) electrons. The maximum atomic E-state index is 11.0. The van der Waals surface area contributed by atoms with E-state index in [1.54, 1.807) is 6.07 Å². The van der Waals surface area contributed by atoms with E-state index < -0.39 is 10.0 Å². The Morgan fingerprint density at radius 3 is 2.63 bits per heavy atom. The van der Waals surface area contributed by atoms with Gasteiger partial charge in [-0.3, -0.25) is 0 Å². The third-order valence-corrected chi connectivity index (χ3v) is 3.74. The highest BCUT2D eigenvalue weighted by atomic mass is 32.2. The molecule has 110 valence electrons. The SMILES string of the molecule is CC(C)N(C)CCCNCc1ccc(S(N)(=O)=O)o1. The molecule has 0 aliphatic carbocycles. The van der Waals surface area contributed by atoms with Crippen LogP contribution in [0.1, 0.15) is 26.0 Å². The van der Waals surface area contributed by atoms with Gasteiger partial charge in [0.2, 0.25) is 5.09 Å². The number of primary sulfonamides is 1. The summed E-state index contributed by atoms with van der Waals surface area (Å²) in [5, 5.41) is 7.97. The molecule has 0 fully saturated rings. The second kappa shape index (κ2) is 7.04. The van der Waals surface area contributed by atoms with Crippen molar-refractivity contribution in [1.29, 1.82) is 0 Å². The average Bonchev–Trinajstić information content (AvgIpc) is 2.76. The molecule has 3 N–H and O–H groups in total. The molecule has 0 aromatic carbocycles. The lowest BCUT2D eigenvalue weighted by molar-refractivity contribution is 0.268. The van der Waals surface area contributed by atoms with Gasteiger partial charge >= 0.3 is 0 Å². The average molecular weight is 289 g/mol. The van der Waals surface area contributed by atoms with Gasteiger partial charge in [0, 0.05) is 6.04 Å². The van der Waals surface area contributed by atoms with E-state index in [1.165, 1.54) is 6.07 Å². The lowest BCUT2D eigenvalue weighted by atomic mass is 10.3. The van der Waals surface area contributed by atoms with Crippen molar-refractivity contribution in [2.24, 2.45) is 5.14 Å². The van der Waals surface area contributed by atoms with Crippen LogP contribution >= 0.6 is 0 Å². The van der Waals surface area contributed by atoms with Crippen molar-refractivity contribution in [3.05, 3.63) is 17.9 Å². The third-order valence-electron chi connectivity index (χ3n) is 2.96. The molecule has 0 atom stereocenters. The highest BCUT2D eigenvalue weighted by Gasteiger charge is 2.12. The molecule has 7 heteroatoms. The summed E-state index contributed by atoms with van der Waals surface area (Å²) in [6.07, 6.45) is 1.03. The van der Waals surface area contributed by atoms with Gasteiger partial charge in [-0.25, -0.2) is 13.6 Å². The van der Waals surface area contributed by atoms with E-state index >= 15 is 0 Å². The van der Waals surface area contributed by atoms with Crippen LogP contribution in [0.15, 0.2) is 21.6 Å². The molecule has 1 aromatic heterocycles. The van der Waals surface area contributed by atoms with Crippen molar-refractivity contribution >= 4 is 10.0 Å². The van der Waals surface area contributed by atoms with Crippen molar-refractivity contribution < 1.29 is 12.8 Å². The van der Waals surface area contributed by atoms with E-state index in [2.05, 4.69) is 31.1 Å². The van der Waals surface area contributed by atoms with Crippen LogP contribution in [0, 0.1) is 0 Å². The van der Waals surface area contributed by atoms with E-state index in [-0.39, 0.29) is 5.09 Å². The second-order valence-corrected chi connectivity index (χ2v) is 6.36. The minimum atomic E-state index is -3.74. The summed E-state index contributed by atoms with van der Waals surface area (Å²) in [5.41, 5.74) is 0. The number of furan rings is 1. The number of nitrogens with two attached hydrogens (primary N) is 1. The Morgan fingerprint density at radius 1 is 1.42 bits per heavy atom. The summed E-state index contributed by atoms with van der Waals surface area (Å²) < 4.78 is 27.2. The first-order valence-corrected chi connectivity index (χ1v) is 7.88. The summed E-state index contributed by atoms with van der Waals surface area (Å²) >= 11 is 0.